The van der Waals surface area contributed by atoms with E-state index in [9.17, 15) is 20.1 Å². The fraction of sp³-hybridized carbons (Fsp3) is 0. The lowest BCUT2D eigenvalue weighted by Gasteiger charge is -2.08. The first-order valence-corrected chi connectivity index (χ1v) is 7.92. The van der Waals surface area contributed by atoms with Crippen LogP contribution in [0.4, 0.5) is 0 Å². The first kappa shape index (κ1) is 15.9. The van der Waals surface area contributed by atoms with Gasteiger partial charge in [0.15, 0.2) is 0 Å². The van der Waals surface area contributed by atoms with Crippen molar-refractivity contribution >= 4 is 47.0 Å². The molecule has 122 valence electrons. The molecular weight excluding hydrogens is 316 g/mol. The fourth-order valence-electron chi connectivity index (χ4n) is 3.23. The average Bonchev–Trinajstić information content (AvgIpc) is 2.95. The van der Waals surface area contributed by atoms with Crippen molar-refractivity contribution in [1.82, 2.24) is 4.57 Å². The third-order valence-electron chi connectivity index (χ3n) is 4.42. The van der Waals surface area contributed by atoms with E-state index >= 15 is 0 Å². The molecule has 1 heterocycles. The van der Waals surface area contributed by atoms with Crippen LogP contribution in [-0.2, 0) is 0 Å². The van der Waals surface area contributed by atoms with Gasteiger partial charge in [0.2, 0.25) is 0 Å². The Morgan fingerprint density at radius 1 is 0.600 bits per heavy atom. The summed E-state index contributed by atoms with van der Waals surface area (Å²) < 4.78 is 2.06. The monoisotopic (exact) mass is 331 g/mol. The molecule has 4 aromatic rings. The first-order valence-electron chi connectivity index (χ1n) is 7.92. The highest BCUT2D eigenvalue weighted by Gasteiger charge is 2.19. The van der Waals surface area contributed by atoms with Crippen molar-refractivity contribution in [2.24, 2.45) is 0 Å². The molecule has 5 nitrogen and oxygen atoms in total. The minimum absolute atomic E-state index is 0.384. The van der Waals surface area contributed by atoms with Gasteiger partial charge in [-0.15, -0.1) is 0 Å². The number of aromatic nitrogens is 1. The predicted molar refractivity (Wildman–Crippen MR) is 100 cm³/mol. The van der Waals surface area contributed by atoms with Gasteiger partial charge >= 0.3 is 14.2 Å². The molecule has 0 saturated carbocycles. The number of nitrogens with zero attached hydrogens (tertiary/aromatic N) is 1. The van der Waals surface area contributed by atoms with Crippen molar-refractivity contribution < 1.29 is 20.1 Å². The highest BCUT2D eigenvalue weighted by atomic mass is 16.4. The number of fused-ring (bicyclic) bond motifs is 3. The molecule has 0 unspecified atom stereocenters. The quantitative estimate of drug-likeness (QED) is 0.403. The molecule has 0 radical (unpaired) electrons. The number of benzene rings is 3. The molecule has 25 heavy (non-hydrogen) atoms. The Labute approximate surface area is 144 Å². The van der Waals surface area contributed by atoms with Crippen molar-refractivity contribution in [3.63, 3.8) is 0 Å². The molecule has 0 aliphatic carbocycles. The normalized spacial score (nSPS) is 11.2. The third-order valence-corrected chi connectivity index (χ3v) is 4.42. The van der Waals surface area contributed by atoms with Crippen LogP contribution < -0.4 is 10.9 Å². The Kier molecular flexibility index (Phi) is 3.86. The summed E-state index contributed by atoms with van der Waals surface area (Å²) in [4.78, 5) is 0. The van der Waals surface area contributed by atoms with E-state index in [0.29, 0.717) is 10.9 Å². The minimum Gasteiger partial charge on any atom is -0.423 e. The molecule has 4 rings (SSSR count). The number of hydrogen-bond acceptors (Lipinski definition) is 4. The van der Waals surface area contributed by atoms with Crippen molar-refractivity contribution in [2.45, 2.75) is 0 Å². The summed E-state index contributed by atoms with van der Waals surface area (Å²) in [6.07, 6.45) is 0. The summed E-state index contributed by atoms with van der Waals surface area (Å²) in [6.45, 7) is 0. The zero-order valence-corrected chi connectivity index (χ0v) is 13.2. The zero-order valence-electron chi connectivity index (χ0n) is 13.2. The van der Waals surface area contributed by atoms with E-state index in [0.717, 1.165) is 27.5 Å². The fourth-order valence-corrected chi connectivity index (χ4v) is 3.23. The lowest BCUT2D eigenvalue weighted by molar-refractivity contribution is 0.424. The third kappa shape index (κ3) is 2.63. The van der Waals surface area contributed by atoms with Gasteiger partial charge in [0.25, 0.3) is 0 Å². The van der Waals surface area contributed by atoms with Gasteiger partial charge < -0.3 is 24.7 Å². The molecule has 4 N–H and O–H groups in total. The lowest BCUT2D eigenvalue weighted by Crippen LogP contribution is -2.29. The smallest absolute Gasteiger partial charge is 0.423 e. The molecule has 1 aromatic heterocycles. The van der Waals surface area contributed by atoms with E-state index < -0.39 is 14.2 Å². The van der Waals surface area contributed by atoms with E-state index in [2.05, 4.69) is 4.57 Å². The molecule has 0 atom stereocenters. The summed E-state index contributed by atoms with van der Waals surface area (Å²) in [7, 11) is -3.13. The van der Waals surface area contributed by atoms with Crippen molar-refractivity contribution in [2.75, 3.05) is 0 Å². The summed E-state index contributed by atoms with van der Waals surface area (Å²) in [5, 5.41) is 39.6. The second-order valence-electron chi connectivity index (χ2n) is 5.97. The highest BCUT2D eigenvalue weighted by molar-refractivity contribution is 6.59. The SMILES string of the molecule is OB(O)c1ccc2c(c1)c1cc(B(O)O)ccc1n2-c1ccccc1. The van der Waals surface area contributed by atoms with E-state index in [1.54, 1.807) is 24.3 Å². The van der Waals surface area contributed by atoms with Crippen LogP contribution in [0.2, 0.25) is 0 Å². The maximum atomic E-state index is 9.49. The Morgan fingerprint density at radius 2 is 1.08 bits per heavy atom. The second kappa shape index (κ2) is 6.06. The zero-order chi connectivity index (χ0) is 17.6. The summed E-state index contributed by atoms with van der Waals surface area (Å²) in [6, 6.07) is 20.3. The van der Waals surface area contributed by atoms with E-state index in [-0.39, 0.29) is 0 Å². The van der Waals surface area contributed by atoms with Gasteiger partial charge in [-0.1, -0.05) is 42.5 Å². The van der Waals surface area contributed by atoms with E-state index in [1.807, 2.05) is 42.5 Å². The molecule has 0 saturated heterocycles. The van der Waals surface area contributed by atoms with Crippen LogP contribution in [0.5, 0.6) is 0 Å². The minimum atomic E-state index is -1.56. The van der Waals surface area contributed by atoms with Gasteiger partial charge in [-0.3, -0.25) is 0 Å². The maximum absolute atomic E-state index is 9.49. The molecule has 0 aliphatic rings. The van der Waals surface area contributed by atoms with Crippen LogP contribution in [0.15, 0.2) is 66.7 Å². The average molecular weight is 331 g/mol. The van der Waals surface area contributed by atoms with Crippen LogP contribution >= 0.6 is 0 Å². The summed E-state index contributed by atoms with van der Waals surface area (Å²) >= 11 is 0. The Morgan fingerprint density at radius 3 is 1.52 bits per heavy atom. The van der Waals surface area contributed by atoms with Crippen molar-refractivity contribution in [3.8, 4) is 5.69 Å². The first-order chi connectivity index (χ1) is 12.1. The van der Waals surface area contributed by atoms with Gasteiger partial charge in [0.05, 0.1) is 11.0 Å². The van der Waals surface area contributed by atoms with Crippen LogP contribution in [0.1, 0.15) is 0 Å². The van der Waals surface area contributed by atoms with Crippen molar-refractivity contribution in [3.05, 3.63) is 66.7 Å². The number of para-hydroxylation sites is 1. The van der Waals surface area contributed by atoms with Crippen LogP contribution in [0.3, 0.4) is 0 Å². The topological polar surface area (TPSA) is 85.8 Å². The largest absolute Gasteiger partial charge is 0.488 e. The van der Waals surface area contributed by atoms with Gasteiger partial charge in [-0.2, -0.15) is 0 Å². The second-order valence-corrected chi connectivity index (χ2v) is 5.97. The van der Waals surface area contributed by atoms with Crippen LogP contribution in [-0.4, -0.2) is 38.9 Å². The molecule has 0 amide bonds. The van der Waals surface area contributed by atoms with Gasteiger partial charge in [0.1, 0.15) is 0 Å². The van der Waals surface area contributed by atoms with Gasteiger partial charge in [0, 0.05) is 16.5 Å². The maximum Gasteiger partial charge on any atom is 0.488 e. The molecular formula is C18H15B2NO4. The van der Waals surface area contributed by atoms with Gasteiger partial charge in [-0.25, -0.2) is 0 Å². The lowest BCUT2D eigenvalue weighted by atomic mass is 9.78. The molecule has 3 aromatic carbocycles. The molecule has 7 heteroatoms. The highest BCUT2D eigenvalue weighted by Crippen LogP contribution is 2.30. The molecule has 0 aliphatic heterocycles. The number of hydrogen-bond donors (Lipinski definition) is 4. The van der Waals surface area contributed by atoms with Crippen LogP contribution in [0, 0.1) is 0 Å². The summed E-state index contributed by atoms with van der Waals surface area (Å²) in [5.41, 5.74) is 3.53. The van der Waals surface area contributed by atoms with E-state index in [4.69, 9.17) is 0 Å². The molecule has 0 spiro atoms. The Bertz CT molecular complexity index is 996. The van der Waals surface area contributed by atoms with E-state index in [1.165, 1.54) is 0 Å². The standard InChI is InChI=1S/C18H15B2NO4/c22-19(23)12-6-8-17-15(10-12)16-11-13(20(24)25)7-9-18(16)21(17)14-4-2-1-3-5-14/h1-11,22-25H. The van der Waals surface area contributed by atoms with Crippen molar-refractivity contribution in [1.29, 1.82) is 0 Å². The Balaban J connectivity index is 2.12. The number of rotatable bonds is 3. The predicted octanol–water partition coefficient (Wildman–Crippen LogP) is 0.143. The summed E-state index contributed by atoms with van der Waals surface area (Å²) in [5.74, 6) is 0. The Hall–Kier alpha value is -2.57. The van der Waals surface area contributed by atoms with Gasteiger partial charge in [-0.05, 0) is 35.2 Å². The van der Waals surface area contributed by atoms with Crippen LogP contribution in [0.25, 0.3) is 27.5 Å². The molecule has 0 fully saturated rings. The molecule has 0 bridgehead atoms.